The lowest BCUT2D eigenvalue weighted by Gasteiger charge is -2.38. The van der Waals surface area contributed by atoms with Gasteiger partial charge in [-0.2, -0.15) is 8.78 Å². The molecule has 0 bridgehead atoms. The summed E-state index contributed by atoms with van der Waals surface area (Å²) in [7, 11) is 0. The van der Waals surface area contributed by atoms with Crippen molar-refractivity contribution in [2.24, 2.45) is 0 Å². The third-order valence-electron chi connectivity index (χ3n) is 3.72. The summed E-state index contributed by atoms with van der Waals surface area (Å²) in [5, 5.41) is 2.83. The van der Waals surface area contributed by atoms with Crippen molar-refractivity contribution < 1.29 is 18.3 Å². The maximum atomic E-state index is 12.4. The average molecular weight is 344 g/mol. The molecule has 1 saturated heterocycles. The van der Waals surface area contributed by atoms with Crippen molar-refractivity contribution in [1.29, 1.82) is 0 Å². The van der Waals surface area contributed by atoms with Crippen LogP contribution in [0.15, 0.2) is 29.2 Å². The minimum atomic E-state index is -2.44. The van der Waals surface area contributed by atoms with Crippen molar-refractivity contribution in [3.63, 3.8) is 0 Å². The van der Waals surface area contributed by atoms with Crippen LogP contribution in [0.2, 0.25) is 0 Å². The summed E-state index contributed by atoms with van der Waals surface area (Å²) in [5.41, 5.74) is 0.606. The maximum absolute atomic E-state index is 12.4. The summed E-state index contributed by atoms with van der Waals surface area (Å²) in [6.07, 6.45) is 0.194. The van der Waals surface area contributed by atoms with E-state index in [0.29, 0.717) is 35.4 Å². The van der Waals surface area contributed by atoms with Gasteiger partial charge in [0, 0.05) is 23.7 Å². The molecule has 4 nitrogen and oxygen atoms in total. The van der Waals surface area contributed by atoms with Gasteiger partial charge in [-0.3, -0.25) is 9.69 Å². The Balaban J connectivity index is 1.92. The van der Waals surface area contributed by atoms with E-state index in [4.69, 9.17) is 4.74 Å². The number of amides is 1. The Kier molecular flexibility index (Phi) is 6.38. The second-order valence-corrected chi connectivity index (χ2v) is 6.84. The van der Waals surface area contributed by atoms with Gasteiger partial charge in [0.2, 0.25) is 5.91 Å². The number of rotatable bonds is 5. The minimum Gasteiger partial charge on any atom is -0.373 e. The molecule has 0 saturated carbocycles. The van der Waals surface area contributed by atoms with Crippen LogP contribution in [0.4, 0.5) is 14.5 Å². The molecule has 1 aliphatic rings. The maximum Gasteiger partial charge on any atom is 0.288 e. The molecule has 1 aliphatic heterocycles. The lowest BCUT2D eigenvalue weighted by atomic mass is 10.1. The number of nitrogens with one attached hydrogen (secondary N) is 1. The Morgan fingerprint density at radius 3 is 2.35 bits per heavy atom. The van der Waals surface area contributed by atoms with Gasteiger partial charge < -0.3 is 10.1 Å². The molecule has 1 heterocycles. The monoisotopic (exact) mass is 344 g/mol. The van der Waals surface area contributed by atoms with Gasteiger partial charge in [0.25, 0.3) is 5.76 Å². The van der Waals surface area contributed by atoms with Gasteiger partial charge in [-0.25, -0.2) is 0 Å². The molecule has 2 rings (SSSR count). The lowest BCUT2D eigenvalue weighted by Crippen LogP contribution is -2.52. The van der Waals surface area contributed by atoms with Gasteiger partial charge in [-0.15, -0.1) is 0 Å². The third-order valence-corrected chi connectivity index (χ3v) is 4.44. The van der Waals surface area contributed by atoms with Crippen molar-refractivity contribution in [3.05, 3.63) is 24.3 Å². The number of thioether (sulfide) groups is 1. The summed E-state index contributed by atoms with van der Waals surface area (Å²) < 4.78 is 30.2. The molecule has 0 aliphatic carbocycles. The number of hydrogen-bond acceptors (Lipinski definition) is 4. The largest absolute Gasteiger partial charge is 0.373 e. The molecule has 1 aromatic carbocycles. The predicted molar refractivity (Wildman–Crippen MR) is 88.0 cm³/mol. The molecular weight excluding hydrogens is 322 g/mol. The van der Waals surface area contributed by atoms with E-state index in [1.807, 2.05) is 20.8 Å². The third kappa shape index (κ3) is 5.44. The number of benzene rings is 1. The van der Waals surface area contributed by atoms with Crippen LogP contribution in [0.3, 0.4) is 0 Å². The molecule has 0 aromatic heterocycles. The number of anilines is 1. The standard InChI is InChI=1S/C16H22F2N2O2S/c1-10-8-20(9-11(2)22-10)12(3)15(21)19-13-4-6-14(7-5-13)23-16(17)18/h4-7,10-12,16H,8-9H2,1-3H3,(H,19,21)/t10-,11-,12+/m1/s1. The molecule has 1 fully saturated rings. The van der Waals surface area contributed by atoms with Gasteiger partial charge in [-0.1, -0.05) is 11.8 Å². The van der Waals surface area contributed by atoms with Crippen LogP contribution in [0.25, 0.3) is 0 Å². The Labute approximate surface area is 139 Å². The Hall–Kier alpha value is -1.18. The number of carbonyl (C=O) groups is 1. The number of nitrogens with zero attached hydrogens (tertiary/aromatic N) is 1. The predicted octanol–water partition coefficient (Wildman–Crippen LogP) is 3.44. The zero-order valence-electron chi connectivity index (χ0n) is 13.5. The molecule has 3 atom stereocenters. The second-order valence-electron chi connectivity index (χ2n) is 5.78. The quantitative estimate of drug-likeness (QED) is 0.831. The van der Waals surface area contributed by atoms with E-state index in [2.05, 4.69) is 10.2 Å². The highest BCUT2D eigenvalue weighted by atomic mass is 32.2. The zero-order chi connectivity index (χ0) is 17.0. The highest BCUT2D eigenvalue weighted by Crippen LogP contribution is 2.26. The summed E-state index contributed by atoms with van der Waals surface area (Å²) >= 11 is 0.487. The van der Waals surface area contributed by atoms with Gasteiger partial charge in [-0.05, 0) is 45.0 Å². The number of morpholine rings is 1. The molecule has 128 valence electrons. The topological polar surface area (TPSA) is 41.6 Å². The van der Waals surface area contributed by atoms with Crippen LogP contribution in [0.1, 0.15) is 20.8 Å². The number of hydrogen-bond donors (Lipinski definition) is 1. The summed E-state index contributed by atoms with van der Waals surface area (Å²) in [4.78, 5) is 14.9. The zero-order valence-corrected chi connectivity index (χ0v) is 14.3. The Morgan fingerprint density at radius 2 is 1.83 bits per heavy atom. The van der Waals surface area contributed by atoms with E-state index >= 15 is 0 Å². The van der Waals surface area contributed by atoms with Crippen molar-refractivity contribution in [3.8, 4) is 0 Å². The van der Waals surface area contributed by atoms with E-state index in [9.17, 15) is 13.6 Å². The van der Waals surface area contributed by atoms with Crippen molar-refractivity contribution in [1.82, 2.24) is 4.90 Å². The first kappa shape index (κ1) is 18.2. The highest BCUT2D eigenvalue weighted by Gasteiger charge is 2.29. The fourth-order valence-electron chi connectivity index (χ4n) is 2.67. The van der Waals surface area contributed by atoms with Crippen molar-refractivity contribution in [2.45, 2.75) is 49.7 Å². The van der Waals surface area contributed by atoms with Gasteiger partial charge in [0.05, 0.1) is 18.2 Å². The average Bonchev–Trinajstić information content (AvgIpc) is 2.47. The number of carbonyl (C=O) groups excluding carboxylic acids is 1. The number of ether oxygens (including phenoxy) is 1. The molecule has 23 heavy (non-hydrogen) atoms. The molecule has 0 unspecified atom stereocenters. The summed E-state index contributed by atoms with van der Waals surface area (Å²) in [6, 6.07) is 6.16. The van der Waals surface area contributed by atoms with Crippen molar-refractivity contribution in [2.75, 3.05) is 18.4 Å². The molecule has 7 heteroatoms. The van der Waals surface area contributed by atoms with Gasteiger partial charge in [0.15, 0.2) is 0 Å². The van der Waals surface area contributed by atoms with Crippen LogP contribution < -0.4 is 5.32 Å². The number of halogens is 2. The minimum absolute atomic E-state index is 0.0969. The van der Waals surface area contributed by atoms with E-state index in [1.54, 1.807) is 24.3 Å². The smallest absolute Gasteiger partial charge is 0.288 e. The molecule has 0 radical (unpaired) electrons. The first-order valence-electron chi connectivity index (χ1n) is 7.60. The van der Waals surface area contributed by atoms with Crippen LogP contribution >= 0.6 is 11.8 Å². The van der Waals surface area contributed by atoms with Crippen LogP contribution in [0, 0.1) is 0 Å². The first-order chi connectivity index (χ1) is 10.8. The van der Waals surface area contributed by atoms with E-state index in [-0.39, 0.29) is 24.2 Å². The van der Waals surface area contributed by atoms with Crippen molar-refractivity contribution >= 4 is 23.4 Å². The molecular formula is C16H22F2N2O2S. The van der Waals surface area contributed by atoms with E-state index in [1.165, 1.54) is 0 Å². The first-order valence-corrected chi connectivity index (χ1v) is 8.48. The van der Waals surface area contributed by atoms with Gasteiger partial charge >= 0.3 is 0 Å². The van der Waals surface area contributed by atoms with Gasteiger partial charge in [0.1, 0.15) is 0 Å². The SMILES string of the molecule is C[C@@H]1CN([C@@H](C)C(=O)Nc2ccc(SC(F)F)cc2)C[C@@H](C)O1. The number of alkyl halides is 2. The second kappa shape index (κ2) is 8.08. The Bertz CT molecular complexity index is 517. The Morgan fingerprint density at radius 1 is 1.26 bits per heavy atom. The van der Waals surface area contributed by atoms with Crippen LogP contribution in [-0.2, 0) is 9.53 Å². The summed E-state index contributed by atoms with van der Waals surface area (Å²) in [5.74, 6) is -2.55. The molecule has 1 aromatic rings. The lowest BCUT2D eigenvalue weighted by molar-refractivity contribution is -0.126. The van der Waals surface area contributed by atoms with Crippen LogP contribution in [-0.4, -0.2) is 47.9 Å². The van der Waals surface area contributed by atoms with Crippen LogP contribution in [0.5, 0.6) is 0 Å². The molecule has 0 spiro atoms. The fourth-order valence-corrected chi connectivity index (χ4v) is 3.17. The van der Waals surface area contributed by atoms with E-state index < -0.39 is 5.76 Å². The summed E-state index contributed by atoms with van der Waals surface area (Å²) in [6.45, 7) is 7.27. The molecule has 1 amide bonds. The van der Waals surface area contributed by atoms with E-state index in [0.717, 1.165) is 0 Å². The fraction of sp³-hybridized carbons (Fsp3) is 0.562. The normalized spacial score (nSPS) is 23.7. The molecule has 1 N–H and O–H groups in total. The highest BCUT2D eigenvalue weighted by molar-refractivity contribution is 7.99.